The fraction of sp³-hybridized carbons (Fsp3) is 0.455. The van der Waals surface area contributed by atoms with Crippen LogP contribution >= 0.6 is 15.9 Å². The van der Waals surface area contributed by atoms with Crippen LogP contribution in [0, 0.1) is 0 Å². The van der Waals surface area contributed by atoms with Gasteiger partial charge in [-0.25, -0.2) is 0 Å². The second-order valence-corrected chi connectivity index (χ2v) is 4.07. The Morgan fingerprint density at radius 1 is 1.43 bits per heavy atom. The van der Waals surface area contributed by atoms with Gasteiger partial charge in [-0.2, -0.15) is 0 Å². The summed E-state index contributed by atoms with van der Waals surface area (Å²) in [5.74, 6) is 1.11. The minimum absolute atomic E-state index is 0.275. The molecule has 0 saturated carbocycles. The van der Waals surface area contributed by atoms with E-state index in [1.54, 1.807) is 19.2 Å². The summed E-state index contributed by atoms with van der Waals surface area (Å²) in [6, 6.07) is 3.57. The Balaban J connectivity index is 2.95. The molecule has 78 valence electrons. The van der Waals surface area contributed by atoms with E-state index >= 15 is 0 Å². The van der Waals surface area contributed by atoms with Gasteiger partial charge < -0.3 is 9.84 Å². The number of phenolic OH excluding ortho intramolecular Hbond substituents is 1. The lowest BCUT2D eigenvalue weighted by Gasteiger charge is -2.09. The van der Waals surface area contributed by atoms with Crippen LogP contribution in [-0.4, -0.2) is 12.2 Å². The molecule has 14 heavy (non-hydrogen) atoms. The number of methoxy groups -OCH3 is 1. The zero-order valence-corrected chi connectivity index (χ0v) is 10.1. The van der Waals surface area contributed by atoms with Gasteiger partial charge in [0.05, 0.1) is 11.6 Å². The molecule has 0 heterocycles. The summed E-state index contributed by atoms with van der Waals surface area (Å²) in [5, 5.41) is 9.52. The number of aryl methyl sites for hydroxylation is 1. The molecule has 0 atom stereocenters. The first kappa shape index (κ1) is 11.4. The van der Waals surface area contributed by atoms with Gasteiger partial charge in [-0.1, -0.05) is 13.3 Å². The average molecular weight is 259 g/mol. The number of phenols is 1. The highest BCUT2D eigenvalue weighted by Crippen LogP contribution is 2.32. The zero-order chi connectivity index (χ0) is 10.6. The molecule has 1 aromatic rings. The van der Waals surface area contributed by atoms with Crippen molar-refractivity contribution in [1.29, 1.82) is 0 Å². The van der Waals surface area contributed by atoms with Crippen molar-refractivity contribution in [3.8, 4) is 11.5 Å². The Bertz CT molecular complexity index is 310. The van der Waals surface area contributed by atoms with Crippen molar-refractivity contribution >= 4 is 15.9 Å². The number of aromatic hydroxyl groups is 1. The molecule has 0 aliphatic carbocycles. The third-order valence-electron chi connectivity index (χ3n) is 2.15. The van der Waals surface area contributed by atoms with E-state index in [1.807, 2.05) is 0 Å². The molecule has 0 bridgehead atoms. The van der Waals surface area contributed by atoms with Crippen LogP contribution in [0.15, 0.2) is 16.6 Å². The van der Waals surface area contributed by atoms with E-state index in [1.165, 1.54) is 0 Å². The maximum absolute atomic E-state index is 9.52. The van der Waals surface area contributed by atoms with Gasteiger partial charge in [-0.15, -0.1) is 0 Å². The Morgan fingerprint density at radius 2 is 2.14 bits per heavy atom. The van der Waals surface area contributed by atoms with E-state index < -0.39 is 0 Å². The number of halogens is 1. The van der Waals surface area contributed by atoms with Crippen LogP contribution in [0.25, 0.3) is 0 Å². The lowest BCUT2D eigenvalue weighted by atomic mass is 10.1. The molecule has 3 heteroatoms. The number of ether oxygens (including phenoxy) is 1. The van der Waals surface area contributed by atoms with Crippen LogP contribution < -0.4 is 4.74 Å². The number of unbranched alkanes of at least 4 members (excludes halogenated alkanes) is 1. The van der Waals surface area contributed by atoms with Gasteiger partial charge in [-0.05, 0) is 46.5 Å². The van der Waals surface area contributed by atoms with Gasteiger partial charge in [0.1, 0.15) is 11.5 Å². The Hall–Kier alpha value is -0.700. The minimum atomic E-state index is 0.275. The van der Waals surface area contributed by atoms with Crippen molar-refractivity contribution in [3.05, 3.63) is 22.2 Å². The van der Waals surface area contributed by atoms with Crippen molar-refractivity contribution in [2.75, 3.05) is 7.11 Å². The Labute approximate surface area is 93.0 Å². The normalized spacial score (nSPS) is 10.2. The maximum atomic E-state index is 9.52. The minimum Gasteiger partial charge on any atom is -0.507 e. The van der Waals surface area contributed by atoms with E-state index in [0.29, 0.717) is 4.47 Å². The standard InChI is InChI=1S/C11H15BrO2/c1-3-4-5-8-6-10(13)9(12)7-11(8)14-2/h6-7,13H,3-5H2,1-2H3. The molecule has 0 aromatic heterocycles. The number of hydrogen-bond donors (Lipinski definition) is 1. The predicted octanol–water partition coefficient (Wildman–Crippen LogP) is 3.51. The summed E-state index contributed by atoms with van der Waals surface area (Å²) in [4.78, 5) is 0. The lowest BCUT2D eigenvalue weighted by molar-refractivity contribution is 0.405. The number of benzene rings is 1. The first-order valence-electron chi connectivity index (χ1n) is 4.74. The van der Waals surface area contributed by atoms with Gasteiger partial charge >= 0.3 is 0 Å². The van der Waals surface area contributed by atoms with Gasteiger partial charge in [0.15, 0.2) is 0 Å². The van der Waals surface area contributed by atoms with E-state index in [-0.39, 0.29) is 5.75 Å². The molecule has 1 aromatic carbocycles. The lowest BCUT2D eigenvalue weighted by Crippen LogP contribution is -1.92. The highest BCUT2D eigenvalue weighted by Gasteiger charge is 2.07. The summed E-state index contributed by atoms with van der Waals surface area (Å²) in [6.45, 7) is 2.14. The first-order valence-corrected chi connectivity index (χ1v) is 5.53. The molecule has 0 unspecified atom stereocenters. The summed E-state index contributed by atoms with van der Waals surface area (Å²) in [5.41, 5.74) is 1.06. The maximum Gasteiger partial charge on any atom is 0.130 e. The average Bonchev–Trinajstić information content (AvgIpc) is 2.19. The van der Waals surface area contributed by atoms with Gasteiger partial charge in [0.25, 0.3) is 0 Å². The van der Waals surface area contributed by atoms with Gasteiger partial charge in [0, 0.05) is 0 Å². The van der Waals surface area contributed by atoms with Gasteiger partial charge in [-0.3, -0.25) is 0 Å². The van der Waals surface area contributed by atoms with E-state index in [0.717, 1.165) is 30.6 Å². The van der Waals surface area contributed by atoms with Crippen molar-refractivity contribution in [2.24, 2.45) is 0 Å². The Morgan fingerprint density at radius 3 is 2.71 bits per heavy atom. The molecule has 0 fully saturated rings. The highest BCUT2D eigenvalue weighted by atomic mass is 79.9. The quantitative estimate of drug-likeness (QED) is 0.896. The van der Waals surface area contributed by atoms with Crippen LogP contribution in [0.2, 0.25) is 0 Å². The third kappa shape index (κ3) is 2.64. The molecule has 0 radical (unpaired) electrons. The molecule has 0 saturated heterocycles. The van der Waals surface area contributed by atoms with Crippen LogP contribution in [0.5, 0.6) is 11.5 Å². The fourth-order valence-corrected chi connectivity index (χ4v) is 1.66. The molecule has 1 rings (SSSR count). The summed E-state index contributed by atoms with van der Waals surface area (Å²) in [6.07, 6.45) is 3.19. The summed E-state index contributed by atoms with van der Waals surface area (Å²) in [7, 11) is 1.65. The third-order valence-corrected chi connectivity index (χ3v) is 2.78. The Kier molecular flexibility index (Phi) is 4.26. The predicted molar refractivity (Wildman–Crippen MR) is 61.0 cm³/mol. The molecule has 2 nitrogen and oxygen atoms in total. The molecule has 0 spiro atoms. The molecule has 1 N–H and O–H groups in total. The second kappa shape index (κ2) is 5.25. The van der Waals surface area contributed by atoms with Crippen molar-refractivity contribution in [2.45, 2.75) is 26.2 Å². The van der Waals surface area contributed by atoms with Gasteiger partial charge in [0.2, 0.25) is 0 Å². The molecule has 0 aliphatic heterocycles. The molecular weight excluding hydrogens is 244 g/mol. The number of hydrogen-bond acceptors (Lipinski definition) is 2. The summed E-state index contributed by atoms with van der Waals surface area (Å²) < 4.78 is 5.91. The SMILES string of the molecule is CCCCc1cc(O)c(Br)cc1OC. The van der Waals surface area contributed by atoms with E-state index in [2.05, 4.69) is 22.9 Å². The van der Waals surface area contributed by atoms with E-state index in [4.69, 9.17) is 4.74 Å². The monoisotopic (exact) mass is 258 g/mol. The van der Waals surface area contributed by atoms with Crippen molar-refractivity contribution < 1.29 is 9.84 Å². The largest absolute Gasteiger partial charge is 0.507 e. The smallest absolute Gasteiger partial charge is 0.130 e. The first-order chi connectivity index (χ1) is 6.69. The molecule has 0 amide bonds. The number of rotatable bonds is 4. The summed E-state index contributed by atoms with van der Waals surface area (Å²) >= 11 is 3.26. The van der Waals surface area contributed by atoms with Crippen LogP contribution in [-0.2, 0) is 6.42 Å². The van der Waals surface area contributed by atoms with E-state index in [9.17, 15) is 5.11 Å². The van der Waals surface area contributed by atoms with Crippen LogP contribution in [0.3, 0.4) is 0 Å². The van der Waals surface area contributed by atoms with Crippen molar-refractivity contribution in [3.63, 3.8) is 0 Å². The zero-order valence-electron chi connectivity index (χ0n) is 8.51. The second-order valence-electron chi connectivity index (χ2n) is 3.22. The van der Waals surface area contributed by atoms with Crippen molar-refractivity contribution in [1.82, 2.24) is 0 Å². The topological polar surface area (TPSA) is 29.5 Å². The fourth-order valence-electron chi connectivity index (χ4n) is 1.34. The molecular formula is C11H15BrO2. The van der Waals surface area contributed by atoms with Crippen LogP contribution in [0.1, 0.15) is 25.3 Å². The van der Waals surface area contributed by atoms with Crippen LogP contribution in [0.4, 0.5) is 0 Å². The molecule has 0 aliphatic rings. The highest BCUT2D eigenvalue weighted by molar-refractivity contribution is 9.10.